The first-order chi connectivity index (χ1) is 28.7. The number of rotatable bonds is 8. The third-order valence-corrected chi connectivity index (χ3v) is 11.0. The normalized spacial score (nSPS) is 11.2. The van der Waals surface area contributed by atoms with E-state index in [1.165, 1.54) is 22.3 Å². The van der Waals surface area contributed by atoms with Gasteiger partial charge in [0.15, 0.2) is 5.43 Å². The molecule has 3 nitrogen and oxygen atoms in total. The van der Waals surface area contributed by atoms with E-state index in [0.717, 1.165) is 56.0 Å². The Balaban J connectivity index is 1.10. The Morgan fingerprint density at radius 2 is 0.690 bits per heavy atom. The standard InChI is InChI=1S/C55H38N2O/c58-55-51-23-10-12-25-53(51)57(54-26-13-11-24-52(54)55)49-22-14-21-44(36-49)43-29-33-48(34-30-43)56(47-31-27-42(28-32-47)39-15-4-1-5-16-39)50-37-45(40-17-6-2-7-18-40)35-46(38-50)41-19-8-3-9-20-41/h1-38H. The second-order valence-electron chi connectivity index (χ2n) is 14.5. The van der Waals surface area contributed by atoms with Crippen molar-refractivity contribution in [3.63, 3.8) is 0 Å². The largest absolute Gasteiger partial charge is 0.310 e. The molecule has 0 aliphatic rings. The van der Waals surface area contributed by atoms with Crippen molar-refractivity contribution in [2.75, 3.05) is 4.90 Å². The van der Waals surface area contributed by atoms with Gasteiger partial charge in [0.1, 0.15) is 0 Å². The Morgan fingerprint density at radius 3 is 1.19 bits per heavy atom. The van der Waals surface area contributed by atoms with Crippen molar-refractivity contribution in [2.24, 2.45) is 0 Å². The predicted octanol–water partition coefficient (Wildman–Crippen LogP) is 14.3. The van der Waals surface area contributed by atoms with E-state index in [1.54, 1.807) is 0 Å². The summed E-state index contributed by atoms with van der Waals surface area (Å²) in [7, 11) is 0. The molecule has 0 bridgehead atoms. The minimum Gasteiger partial charge on any atom is -0.310 e. The number of nitrogens with zero attached hydrogens (tertiary/aromatic N) is 2. The summed E-state index contributed by atoms with van der Waals surface area (Å²) in [4.78, 5) is 15.9. The molecule has 0 atom stereocenters. The summed E-state index contributed by atoms with van der Waals surface area (Å²) in [6.45, 7) is 0. The van der Waals surface area contributed by atoms with Crippen LogP contribution in [0.5, 0.6) is 0 Å². The third kappa shape index (κ3) is 6.55. The van der Waals surface area contributed by atoms with E-state index in [0.29, 0.717) is 10.8 Å². The first kappa shape index (κ1) is 34.7. The van der Waals surface area contributed by atoms with Gasteiger partial charge in [-0.05, 0) is 123 Å². The van der Waals surface area contributed by atoms with E-state index in [9.17, 15) is 4.79 Å². The van der Waals surface area contributed by atoms with Crippen LogP contribution in [-0.2, 0) is 0 Å². The summed E-state index contributed by atoms with van der Waals surface area (Å²) in [6.07, 6.45) is 0. The summed E-state index contributed by atoms with van der Waals surface area (Å²) in [5, 5.41) is 1.42. The van der Waals surface area contributed by atoms with Crippen LogP contribution in [0.15, 0.2) is 235 Å². The molecule has 0 aliphatic carbocycles. The van der Waals surface area contributed by atoms with Gasteiger partial charge < -0.3 is 9.47 Å². The lowest BCUT2D eigenvalue weighted by Crippen LogP contribution is -2.10. The lowest BCUT2D eigenvalue weighted by molar-refractivity contribution is 1.16. The van der Waals surface area contributed by atoms with Gasteiger partial charge in [-0.2, -0.15) is 0 Å². The minimum absolute atomic E-state index is 0.0543. The van der Waals surface area contributed by atoms with Crippen LogP contribution in [0.2, 0.25) is 0 Å². The highest BCUT2D eigenvalue weighted by molar-refractivity contribution is 5.95. The molecule has 0 radical (unpaired) electrons. The van der Waals surface area contributed by atoms with Crippen molar-refractivity contribution in [2.45, 2.75) is 0 Å². The predicted molar refractivity (Wildman–Crippen MR) is 243 cm³/mol. The van der Waals surface area contributed by atoms with Gasteiger partial charge in [-0.15, -0.1) is 0 Å². The maximum absolute atomic E-state index is 13.5. The molecule has 1 heterocycles. The molecule has 0 unspecified atom stereocenters. The molecule has 0 N–H and O–H groups in total. The Kier molecular flexibility index (Phi) is 9.02. The molecule has 9 aromatic carbocycles. The summed E-state index contributed by atoms with van der Waals surface area (Å²) in [5.74, 6) is 0. The molecule has 3 heteroatoms. The number of fused-ring (bicyclic) bond motifs is 2. The van der Waals surface area contributed by atoms with Gasteiger partial charge in [-0.3, -0.25) is 4.79 Å². The Bertz CT molecular complexity index is 2980. The zero-order valence-corrected chi connectivity index (χ0v) is 31.7. The highest BCUT2D eigenvalue weighted by atomic mass is 16.1. The number of anilines is 3. The van der Waals surface area contributed by atoms with E-state index in [4.69, 9.17) is 0 Å². The number of hydrogen-bond donors (Lipinski definition) is 0. The highest BCUT2D eigenvalue weighted by Crippen LogP contribution is 2.41. The molecule has 0 fully saturated rings. The van der Waals surface area contributed by atoms with Gasteiger partial charge in [-0.1, -0.05) is 152 Å². The molecule has 58 heavy (non-hydrogen) atoms. The zero-order valence-electron chi connectivity index (χ0n) is 31.7. The number of aromatic nitrogens is 1. The quantitative estimate of drug-likeness (QED) is 0.145. The average molecular weight is 743 g/mol. The van der Waals surface area contributed by atoms with Gasteiger partial charge in [0.2, 0.25) is 0 Å². The van der Waals surface area contributed by atoms with E-state index < -0.39 is 0 Å². The molecular weight excluding hydrogens is 705 g/mol. The molecule has 0 saturated carbocycles. The first-order valence-electron chi connectivity index (χ1n) is 19.6. The number of benzene rings is 9. The molecule has 0 aliphatic heterocycles. The zero-order chi connectivity index (χ0) is 38.8. The number of pyridine rings is 1. The SMILES string of the molecule is O=c1c2ccccc2n(-c2cccc(-c3ccc(N(c4ccc(-c5ccccc5)cc4)c4cc(-c5ccccc5)cc(-c5ccccc5)c4)cc3)c2)c2ccccc12. The van der Waals surface area contributed by atoms with E-state index in [2.05, 4.69) is 191 Å². The third-order valence-electron chi connectivity index (χ3n) is 11.0. The van der Waals surface area contributed by atoms with Crippen LogP contribution >= 0.6 is 0 Å². The molecule has 274 valence electrons. The van der Waals surface area contributed by atoms with Crippen LogP contribution in [0.25, 0.3) is 72.0 Å². The second kappa shape index (κ2) is 15.1. The maximum Gasteiger partial charge on any atom is 0.197 e. The van der Waals surface area contributed by atoms with Crippen LogP contribution in [0.4, 0.5) is 17.1 Å². The molecule has 0 amide bonds. The van der Waals surface area contributed by atoms with Crippen LogP contribution in [0.1, 0.15) is 0 Å². The molecule has 0 saturated heterocycles. The minimum atomic E-state index is 0.0543. The van der Waals surface area contributed by atoms with Crippen LogP contribution in [0.3, 0.4) is 0 Å². The monoisotopic (exact) mass is 742 g/mol. The highest BCUT2D eigenvalue weighted by Gasteiger charge is 2.17. The fourth-order valence-electron chi connectivity index (χ4n) is 8.12. The Hall–Kier alpha value is -7.75. The summed E-state index contributed by atoms with van der Waals surface area (Å²) in [5.41, 5.74) is 15.2. The van der Waals surface area contributed by atoms with Crippen molar-refractivity contribution < 1.29 is 0 Å². The van der Waals surface area contributed by atoms with E-state index >= 15 is 0 Å². The van der Waals surface area contributed by atoms with Crippen molar-refractivity contribution >= 4 is 38.9 Å². The summed E-state index contributed by atoms with van der Waals surface area (Å²) < 4.78 is 2.20. The molecule has 0 spiro atoms. The lowest BCUT2D eigenvalue weighted by Gasteiger charge is -2.27. The summed E-state index contributed by atoms with van der Waals surface area (Å²) in [6, 6.07) is 80.7. The maximum atomic E-state index is 13.5. The van der Waals surface area contributed by atoms with Crippen molar-refractivity contribution in [3.05, 3.63) is 241 Å². The van der Waals surface area contributed by atoms with Crippen LogP contribution < -0.4 is 10.3 Å². The van der Waals surface area contributed by atoms with E-state index in [1.807, 2.05) is 48.5 Å². The van der Waals surface area contributed by atoms with Gasteiger partial charge >= 0.3 is 0 Å². The topological polar surface area (TPSA) is 25.2 Å². The van der Waals surface area contributed by atoms with Crippen molar-refractivity contribution in [1.29, 1.82) is 0 Å². The van der Waals surface area contributed by atoms with Gasteiger partial charge in [0, 0.05) is 33.5 Å². The second-order valence-corrected chi connectivity index (χ2v) is 14.5. The first-order valence-corrected chi connectivity index (χ1v) is 19.6. The molecule has 10 rings (SSSR count). The number of para-hydroxylation sites is 2. The smallest absolute Gasteiger partial charge is 0.197 e. The average Bonchev–Trinajstić information content (AvgIpc) is 3.31. The van der Waals surface area contributed by atoms with Gasteiger partial charge in [-0.25, -0.2) is 0 Å². The van der Waals surface area contributed by atoms with Crippen molar-refractivity contribution in [1.82, 2.24) is 4.57 Å². The molecular formula is C55H38N2O. The van der Waals surface area contributed by atoms with Crippen LogP contribution in [0, 0.1) is 0 Å². The van der Waals surface area contributed by atoms with Crippen molar-refractivity contribution in [3.8, 4) is 50.2 Å². The lowest BCUT2D eigenvalue weighted by atomic mass is 9.97. The summed E-state index contributed by atoms with van der Waals surface area (Å²) >= 11 is 0. The number of hydrogen-bond acceptors (Lipinski definition) is 2. The fraction of sp³-hybridized carbons (Fsp3) is 0. The fourth-order valence-corrected chi connectivity index (χ4v) is 8.12. The molecule has 1 aromatic heterocycles. The molecule has 10 aromatic rings. The van der Waals surface area contributed by atoms with E-state index in [-0.39, 0.29) is 5.43 Å². The Morgan fingerprint density at radius 1 is 0.293 bits per heavy atom. The Labute approximate surface area is 338 Å². The van der Waals surface area contributed by atoms with Gasteiger partial charge in [0.25, 0.3) is 0 Å². The van der Waals surface area contributed by atoms with Gasteiger partial charge in [0.05, 0.1) is 11.0 Å². The van der Waals surface area contributed by atoms with Crippen LogP contribution in [-0.4, -0.2) is 4.57 Å².